The Bertz CT molecular complexity index is 457. The normalized spacial score (nSPS) is 14.0. The molecule has 0 saturated heterocycles. The van der Waals surface area contributed by atoms with Gasteiger partial charge in [0.15, 0.2) is 0 Å². The summed E-state index contributed by atoms with van der Waals surface area (Å²) in [5, 5.41) is 2.57. The van der Waals surface area contributed by atoms with Crippen LogP contribution in [0.25, 0.3) is 11.8 Å². The van der Waals surface area contributed by atoms with E-state index in [0.717, 1.165) is 6.42 Å². The molecule has 0 spiro atoms. The van der Waals surface area contributed by atoms with E-state index in [1.54, 1.807) is 0 Å². The maximum absolute atomic E-state index is 3.39. The molecule has 12 heavy (non-hydrogen) atoms. The van der Waals surface area contributed by atoms with Crippen LogP contribution in [0.5, 0.6) is 0 Å². The number of fused-ring (bicyclic) bond motifs is 1. The molecule has 0 aromatic heterocycles. The molecule has 0 bridgehead atoms. The average Bonchev–Trinajstić information content (AvgIpc) is 2.03. The van der Waals surface area contributed by atoms with Crippen molar-refractivity contribution in [3.05, 3.63) is 39.8 Å². The Labute approximate surface area is 72.5 Å². The highest BCUT2D eigenvalue weighted by atomic mass is 14.0. The zero-order valence-corrected chi connectivity index (χ0v) is 7.52. The molecule has 1 aliphatic rings. The molecule has 2 rings (SSSR count). The Morgan fingerprint density at radius 2 is 2.08 bits per heavy atom. The topological polar surface area (TPSA) is 0 Å². The van der Waals surface area contributed by atoms with Crippen LogP contribution in [0, 0.1) is 6.92 Å². The van der Waals surface area contributed by atoms with Gasteiger partial charge < -0.3 is 0 Å². The second-order valence-electron chi connectivity index (χ2n) is 3.40. The van der Waals surface area contributed by atoms with Gasteiger partial charge in [0.05, 0.1) is 0 Å². The summed E-state index contributed by atoms with van der Waals surface area (Å²) >= 11 is 0. The Morgan fingerprint density at radius 1 is 1.25 bits per heavy atom. The second-order valence-corrected chi connectivity index (χ2v) is 3.40. The third-order valence-corrected chi connectivity index (χ3v) is 2.19. The number of benzene rings is 1. The molecular weight excluding hydrogens is 144 g/mol. The van der Waals surface area contributed by atoms with Gasteiger partial charge in [-0.15, -0.1) is 5.73 Å². The predicted octanol–water partition coefficient (Wildman–Crippen LogP) is 1.50. The van der Waals surface area contributed by atoms with E-state index in [2.05, 4.69) is 43.9 Å². The smallest absolute Gasteiger partial charge is 0.0236 e. The van der Waals surface area contributed by atoms with Crippen LogP contribution in [0.1, 0.15) is 18.9 Å². The van der Waals surface area contributed by atoms with Crippen molar-refractivity contribution in [1.82, 2.24) is 0 Å². The first-order chi connectivity index (χ1) is 5.75. The minimum atomic E-state index is 1.05. The van der Waals surface area contributed by atoms with Crippen molar-refractivity contribution < 1.29 is 0 Å². The van der Waals surface area contributed by atoms with Crippen LogP contribution < -0.4 is 10.4 Å². The van der Waals surface area contributed by atoms with Crippen molar-refractivity contribution >= 4 is 11.8 Å². The van der Waals surface area contributed by atoms with Gasteiger partial charge in [0.2, 0.25) is 0 Å². The molecule has 0 atom stereocenters. The summed E-state index contributed by atoms with van der Waals surface area (Å²) in [6, 6.07) is 6.51. The Balaban J connectivity index is 2.92. The van der Waals surface area contributed by atoms with E-state index in [0.29, 0.717) is 0 Å². The lowest BCUT2D eigenvalue weighted by molar-refractivity contribution is 1.25. The summed E-state index contributed by atoms with van der Waals surface area (Å²) in [7, 11) is 0. The fraction of sp³-hybridized carbons (Fsp3) is 0.250. The molecule has 60 valence electrons. The van der Waals surface area contributed by atoms with Gasteiger partial charge in [-0.1, -0.05) is 18.2 Å². The van der Waals surface area contributed by atoms with Crippen molar-refractivity contribution in [2.45, 2.75) is 20.3 Å². The summed E-state index contributed by atoms with van der Waals surface area (Å²) in [6.45, 7) is 4.24. The Kier molecular flexibility index (Phi) is 1.64. The van der Waals surface area contributed by atoms with Gasteiger partial charge in [0.25, 0.3) is 0 Å². The number of hydrogen-bond donors (Lipinski definition) is 0. The van der Waals surface area contributed by atoms with E-state index < -0.39 is 0 Å². The third-order valence-electron chi connectivity index (χ3n) is 2.19. The van der Waals surface area contributed by atoms with E-state index in [1.807, 2.05) is 0 Å². The first-order valence-corrected chi connectivity index (χ1v) is 4.29. The van der Waals surface area contributed by atoms with Gasteiger partial charge in [0.1, 0.15) is 0 Å². The third kappa shape index (κ3) is 1.22. The van der Waals surface area contributed by atoms with E-state index in [1.165, 1.54) is 21.6 Å². The van der Waals surface area contributed by atoms with Crippen molar-refractivity contribution in [3.8, 4) is 0 Å². The highest BCUT2D eigenvalue weighted by molar-refractivity contribution is 5.43. The van der Waals surface area contributed by atoms with E-state index >= 15 is 0 Å². The van der Waals surface area contributed by atoms with Gasteiger partial charge in [-0.2, -0.15) is 0 Å². The van der Waals surface area contributed by atoms with Gasteiger partial charge >= 0.3 is 0 Å². The Morgan fingerprint density at radius 3 is 2.92 bits per heavy atom. The molecule has 0 saturated carbocycles. The first kappa shape index (κ1) is 7.39. The molecule has 0 heterocycles. The molecule has 0 radical (unpaired) electrons. The molecule has 1 aromatic carbocycles. The summed E-state index contributed by atoms with van der Waals surface area (Å²) in [6.07, 6.45) is 3.32. The van der Waals surface area contributed by atoms with E-state index in [4.69, 9.17) is 0 Å². The van der Waals surface area contributed by atoms with Crippen LogP contribution in [0.4, 0.5) is 0 Å². The molecule has 1 aromatic rings. The van der Waals surface area contributed by atoms with E-state index in [-0.39, 0.29) is 0 Å². The van der Waals surface area contributed by atoms with Crippen LogP contribution in [-0.4, -0.2) is 0 Å². The van der Waals surface area contributed by atoms with Gasteiger partial charge in [-0.3, -0.25) is 0 Å². The van der Waals surface area contributed by atoms with Crippen LogP contribution in [-0.2, 0) is 0 Å². The van der Waals surface area contributed by atoms with E-state index in [9.17, 15) is 0 Å². The molecule has 0 N–H and O–H groups in total. The van der Waals surface area contributed by atoms with Crippen LogP contribution in [0.15, 0.2) is 23.8 Å². The summed E-state index contributed by atoms with van der Waals surface area (Å²) < 4.78 is 0. The number of rotatable bonds is 0. The van der Waals surface area contributed by atoms with Gasteiger partial charge in [-0.05, 0) is 42.7 Å². The minimum absolute atomic E-state index is 1.05. The summed E-state index contributed by atoms with van der Waals surface area (Å²) in [4.78, 5) is 0. The molecule has 0 nitrogen and oxygen atoms in total. The predicted molar refractivity (Wildman–Crippen MR) is 52.1 cm³/mol. The maximum Gasteiger partial charge on any atom is 0.0236 e. The number of hydrogen-bond acceptors (Lipinski definition) is 0. The lowest BCUT2D eigenvalue weighted by Gasteiger charge is -1.98. The quantitative estimate of drug-likeness (QED) is 0.534. The summed E-state index contributed by atoms with van der Waals surface area (Å²) in [5.41, 5.74) is 6.02. The molecule has 0 amide bonds. The largest absolute Gasteiger partial charge is 0.113 e. The van der Waals surface area contributed by atoms with Crippen LogP contribution in [0.3, 0.4) is 0 Å². The van der Waals surface area contributed by atoms with Crippen LogP contribution >= 0.6 is 0 Å². The SMILES string of the molecule is CC1=C=c2cc(C)ccc2=CC1. The first-order valence-electron chi connectivity index (χ1n) is 4.29. The molecule has 0 fully saturated rings. The second kappa shape index (κ2) is 2.66. The highest BCUT2D eigenvalue weighted by Gasteiger charge is 1.93. The molecule has 1 aliphatic carbocycles. The van der Waals surface area contributed by atoms with Crippen LogP contribution in [0.2, 0.25) is 0 Å². The highest BCUT2D eigenvalue weighted by Crippen LogP contribution is 1.99. The monoisotopic (exact) mass is 156 g/mol. The van der Waals surface area contributed by atoms with Crippen molar-refractivity contribution in [1.29, 1.82) is 0 Å². The zero-order valence-electron chi connectivity index (χ0n) is 7.52. The fourth-order valence-corrected chi connectivity index (χ4v) is 1.50. The average molecular weight is 156 g/mol. The standard InChI is InChI=1S/C12H12/c1-9-3-5-11-6-4-10(2)8-12(11)7-9/h3,5-7H,4H2,1-2H3. The molecular formula is C12H12. The summed E-state index contributed by atoms with van der Waals surface area (Å²) in [5.74, 6) is 0. The Hall–Kier alpha value is -1.26. The van der Waals surface area contributed by atoms with Gasteiger partial charge in [-0.25, -0.2) is 0 Å². The molecule has 0 aliphatic heterocycles. The maximum atomic E-state index is 3.39. The lowest BCUT2D eigenvalue weighted by Crippen LogP contribution is -2.25. The zero-order chi connectivity index (χ0) is 8.55. The van der Waals surface area contributed by atoms with Crippen molar-refractivity contribution in [2.75, 3.05) is 0 Å². The van der Waals surface area contributed by atoms with Crippen molar-refractivity contribution in [3.63, 3.8) is 0 Å². The fourth-order valence-electron chi connectivity index (χ4n) is 1.50. The molecule has 0 unspecified atom stereocenters. The van der Waals surface area contributed by atoms with Crippen molar-refractivity contribution in [2.24, 2.45) is 0 Å². The number of allylic oxidation sites excluding steroid dienone is 1. The number of aryl methyl sites for hydroxylation is 1. The molecule has 0 heteroatoms. The minimum Gasteiger partial charge on any atom is -0.113 e. The van der Waals surface area contributed by atoms with Gasteiger partial charge in [0, 0.05) is 5.22 Å². The lowest BCUT2D eigenvalue weighted by atomic mass is 10.1.